The van der Waals surface area contributed by atoms with Gasteiger partial charge in [0.1, 0.15) is 5.82 Å². The molecule has 1 aliphatic rings. The van der Waals surface area contributed by atoms with E-state index in [-0.39, 0.29) is 11.3 Å². The van der Waals surface area contributed by atoms with E-state index in [0.717, 1.165) is 31.4 Å². The third-order valence-corrected chi connectivity index (χ3v) is 3.05. The van der Waals surface area contributed by atoms with E-state index < -0.39 is 11.9 Å². The zero-order valence-corrected chi connectivity index (χ0v) is 11.0. The van der Waals surface area contributed by atoms with Crippen molar-refractivity contribution in [1.29, 1.82) is 0 Å². The first-order chi connectivity index (χ1) is 9.17. The van der Waals surface area contributed by atoms with E-state index in [1.165, 1.54) is 14.2 Å². The van der Waals surface area contributed by atoms with E-state index in [1.807, 2.05) is 0 Å². The minimum absolute atomic E-state index is 0.0116. The number of rotatable bonds is 2. The summed E-state index contributed by atoms with van der Waals surface area (Å²) in [6.07, 6.45) is 2.86. The summed E-state index contributed by atoms with van der Waals surface area (Å²) in [7, 11) is 2.53. The molecule has 0 unspecified atom stereocenters. The highest BCUT2D eigenvalue weighted by molar-refractivity contribution is 6.02. The molecule has 6 heteroatoms. The number of carbonyl (C=O) groups excluding carboxylic acids is 2. The molecule has 6 nitrogen and oxygen atoms in total. The lowest BCUT2D eigenvalue weighted by atomic mass is 10.1. The molecule has 1 aromatic heterocycles. The average molecular weight is 264 g/mol. The summed E-state index contributed by atoms with van der Waals surface area (Å²) in [5, 5.41) is 3.16. The van der Waals surface area contributed by atoms with Crippen molar-refractivity contribution >= 4 is 17.8 Å². The van der Waals surface area contributed by atoms with Crippen LogP contribution in [0.1, 0.15) is 39.3 Å². The highest BCUT2D eigenvalue weighted by Crippen LogP contribution is 2.23. The van der Waals surface area contributed by atoms with Crippen molar-refractivity contribution in [2.45, 2.75) is 19.3 Å². The number of aromatic nitrogens is 1. The number of aryl methyl sites for hydroxylation is 1. The molecule has 0 spiro atoms. The molecule has 102 valence electrons. The van der Waals surface area contributed by atoms with Gasteiger partial charge in [-0.2, -0.15) is 0 Å². The number of hydrogen-bond acceptors (Lipinski definition) is 6. The number of fused-ring (bicyclic) bond motifs is 1. The Morgan fingerprint density at radius 3 is 2.63 bits per heavy atom. The van der Waals surface area contributed by atoms with Crippen LogP contribution in [0.3, 0.4) is 0 Å². The Hall–Kier alpha value is -2.11. The number of anilines is 1. The third-order valence-electron chi connectivity index (χ3n) is 3.05. The van der Waals surface area contributed by atoms with Crippen molar-refractivity contribution in [3.63, 3.8) is 0 Å². The quantitative estimate of drug-likeness (QED) is 0.814. The van der Waals surface area contributed by atoms with Crippen LogP contribution < -0.4 is 5.32 Å². The summed E-state index contributed by atoms with van der Waals surface area (Å²) in [6, 6.07) is 1.67. The average Bonchev–Trinajstić information content (AvgIpc) is 2.68. The molecule has 19 heavy (non-hydrogen) atoms. The summed E-state index contributed by atoms with van der Waals surface area (Å²) < 4.78 is 9.34. The lowest BCUT2D eigenvalue weighted by Gasteiger charge is -2.11. The molecule has 0 aromatic carbocycles. The Labute approximate surface area is 111 Å². The van der Waals surface area contributed by atoms with Crippen molar-refractivity contribution in [3.8, 4) is 0 Å². The largest absolute Gasteiger partial charge is 0.465 e. The van der Waals surface area contributed by atoms with E-state index in [0.29, 0.717) is 5.82 Å². The van der Waals surface area contributed by atoms with Crippen LogP contribution in [0.5, 0.6) is 0 Å². The second-order valence-electron chi connectivity index (χ2n) is 4.26. The van der Waals surface area contributed by atoms with Crippen LogP contribution in [-0.4, -0.2) is 37.7 Å². The van der Waals surface area contributed by atoms with Gasteiger partial charge in [0.2, 0.25) is 0 Å². The number of pyridine rings is 1. The predicted octanol–water partition coefficient (Wildman–Crippen LogP) is 1.40. The number of esters is 2. The summed E-state index contributed by atoms with van der Waals surface area (Å²) in [5.74, 6) is -0.584. The van der Waals surface area contributed by atoms with Crippen molar-refractivity contribution < 1.29 is 19.1 Å². The fraction of sp³-hybridized carbons (Fsp3) is 0.462. The maximum Gasteiger partial charge on any atom is 0.357 e. The summed E-state index contributed by atoms with van der Waals surface area (Å²) in [4.78, 5) is 27.7. The highest BCUT2D eigenvalue weighted by Gasteiger charge is 2.23. The Bertz CT molecular complexity index is 469. The fourth-order valence-corrected chi connectivity index (χ4v) is 2.06. The Kier molecular flexibility index (Phi) is 3.99. The molecule has 0 fully saturated rings. The monoisotopic (exact) mass is 264 g/mol. The van der Waals surface area contributed by atoms with Crippen LogP contribution >= 0.6 is 0 Å². The molecule has 2 rings (SSSR count). The van der Waals surface area contributed by atoms with Crippen LogP contribution in [0.25, 0.3) is 0 Å². The minimum atomic E-state index is -0.644. The molecule has 1 N–H and O–H groups in total. The lowest BCUT2D eigenvalue weighted by Crippen LogP contribution is -2.16. The van der Waals surface area contributed by atoms with Gasteiger partial charge < -0.3 is 14.8 Å². The first-order valence-electron chi connectivity index (χ1n) is 6.11. The van der Waals surface area contributed by atoms with Gasteiger partial charge in [0.15, 0.2) is 5.69 Å². The highest BCUT2D eigenvalue weighted by atomic mass is 16.5. The smallest absolute Gasteiger partial charge is 0.357 e. The van der Waals surface area contributed by atoms with Crippen molar-refractivity contribution in [2.24, 2.45) is 0 Å². The molecule has 0 amide bonds. The Morgan fingerprint density at radius 1 is 1.21 bits per heavy atom. The molecule has 2 heterocycles. The molecular formula is C13H16N2O4. The number of methoxy groups -OCH3 is 2. The fourth-order valence-electron chi connectivity index (χ4n) is 2.06. The van der Waals surface area contributed by atoms with E-state index >= 15 is 0 Å². The van der Waals surface area contributed by atoms with Crippen molar-refractivity contribution in [2.75, 3.05) is 26.1 Å². The van der Waals surface area contributed by atoms with Crippen LogP contribution in [0.2, 0.25) is 0 Å². The third kappa shape index (κ3) is 2.67. The second-order valence-corrected chi connectivity index (χ2v) is 4.26. The van der Waals surface area contributed by atoms with Gasteiger partial charge in [-0.25, -0.2) is 14.6 Å². The van der Waals surface area contributed by atoms with Crippen LogP contribution in [-0.2, 0) is 15.9 Å². The van der Waals surface area contributed by atoms with Crippen molar-refractivity contribution in [1.82, 2.24) is 4.98 Å². The van der Waals surface area contributed by atoms with Gasteiger partial charge in [-0.3, -0.25) is 0 Å². The van der Waals surface area contributed by atoms with Crippen LogP contribution in [0.4, 0.5) is 5.82 Å². The van der Waals surface area contributed by atoms with E-state index in [4.69, 9.17) is 0 Å². The Morgan fingerprint density at radius 2 is 1.95 bits per heavy atom. The van der Waals surface area contributed by atoms with E-state index in [9.17, 15) is 9.59 Å². The number of ether oxygens (including phenoxy) is 2. The molecular weight excluding hydrogens is 248 g/mol. The summed E-state index contributed by atoms with van der Waals surface area (Å²) in [5.41, 5.74) is 1.06. The van der Waals surface area contributed by atoms with Gasteiger partial charge in [0.05, 0.1) is 19.8 Å². The Balaban J connectivity index is 2.53. The molecule has 0 radical (unpaired) electrons. The molecule has 1 aromatic rings. The SMILES string of the molecule is COC(=O)c1cc2c(nc1C(=O)OC)NCCCC2. The minimum Gasteiger partial charge on any atom is -0.465 e. The van der Waals surface area contributed by atoms with Gasteiger partial charge >= 0.3 is 11.9 Å². The zero-order valence-electron chi connectivity index (χ0n) is 11.0. The number of carbonyl (C=O) groups is 2. The number of hydrogen-bond donors (Lipinski definition) is 1. The number of nitrogens with one attached hydrogen (secondary N) is 1. The normalized spacial score (nSPS) is 13.8. The molecule has 1 aliphatic heterocycles. The maximum atomic E-state index is 11.7. The molecule has 0 aliphatic carbocycles. The standard InChI is InChI=1S/C13H16N2O4/c1-18-12(16)9-7-8-5-3-4-6-14-11(8)15-10(9)13(17)19-2/h7H,3-6H2,1-2H3,(H,14,15). The predicted molar refractivity (Wildman–Crippen MR) is 68.3 cm³/mol. The van der Waals surface area contributed by atoms with Crippen LogP contribution in [0, 0.1) is 0 Å². The van der Waals surface area contributed by atoms with Crippen molar-refractivity contribution in [3.05, 3.63) is 22.9 Å². The lowest BCUT2D eigenvalue weighted by molar-refractivity contribution is 0.0550. The topological polar surface area (TPSA) is 77.5 Å². The maximum absolute atomic E-state index is 11.7. The molecule has 0 saturated heterocycles. The van der Waals surface area contributed by atoms with E-state index in [2.05, 4.69) is 19.8 Å². The molecule has 0 bridgehead atoms. The van der Waals surface area contributed by atoms with Gasteiger partial charge in [-0.1, -0.05) is 0 Å². The molecule has 0 saturated carbocycles. The van der Waals surface area contributed by atoms with E-state index in [1.54, 1.807) is 6.07 Å². The number of nitrogens with zero attached hydrogens (tertiary/aromatic N) is 1. The summed E-state index contributed by atoms with van der Waals surface area (Å²) in [6.45, 7) is 0.804. The zero-order chi connectivity index (χ0) is 13.8. The van der Waals surface area contributed by atoms with Gasteiger partial charge in [-0.05, 0) is 30.9 Å². The second kappa shape index (κ2) is 5.69. The van der Waals surface area contributed by atoms with Crippen LogP contribution in [0.15, 0.2) is 6.07 Å². The van der Waals surface area contributed by atoms with Gasteiger partial charge in [0.25, 0.3) is 0 Å². The first-order valence-corrected chi connectivity index (χ1v) is 6.11. The van der Waals surface area contributed by atoms with Gasteiger partial charge in [0, 0.05) is 6.54 Å². The molecule has 0 atom stereocenters. The summed E-state index contributed by atoms with van der Waals surface area (Å²) >= 11 is 0. The van der Waals surface area contributed by atoms with Gasteiger partial charge in [-0.15, -0.1) is 0 Å². The first kappa shape index (κ1) is 13.3.